The van der Waals surface area contributed by atoms with E-state index in [9.17, 15) is 4.79 Å². The molecule has 100 valence electrons. The van der Waals surface area contributed by atoms with Gasteiger partial charge in [0.05, 0.1) is 6.04 Å². The van der Waals surface area contributed by atoms with E-state index in [0.717, 1.165) is 25.9 Å². The average Bonchev–Trinajstić information content (AvgIpc) is 2.69. The fourth-order valence-electron chi connectivity index (χ4n) is 2.50. The number of nitrogens with two attached hydrogens (primary N) is 1. The SMILES string of the molecule is CCC(C)NC(=O)C(C)N1CC(CN)CC1C. The number of amides is 1. The summed E-state index contributed by atoms with van der Waals surface area (Å²) in [4.78, 5) is 14.3. The third kappa shape index (κ3) is 3.68. The largest absolute Gasteiger partial charge is 0.352 e. The van der Waals surface area contributed by atoms with Crippen LogP contribution in [0.1, 0.15) is 40.5 Å². The third-order valence-corrected chi connectivity index (χ3v) is 3.92. The Morgan fingerprint density at radius 2 is 2.18 bits per heavy atom. The summed E-state index contributed by atoms with van der Waals surface area (Å²) in [7, 11) is 0. The Bertz CT molecular complexity index is 257. The van der Waals surface area contributed by atoms with Gasteiger partial charge in [-0.05, 0) is 46.1 Å². The molecule has 0 spiro atoms. The molecule has 0 radical (unpaired) electrons. The Labute approximate surface area is 105 Å². The molecule has 4 atom stereocenters. The number of hydrogen-bond donors (Lipinski definition) is 2. The topological polar surface area (TPSA) is 58.4 Å². The van der Waals surface area contributed by atoms with Crippen molar-refractivity contribution in [3.63, 3.8) is 0 Å². The highest BCUT2D eigenvalue weighted by Gasteiger charge is 2.34. The van der Waals surface area contributed by atoms with Gasteiger partial charge in [-0.3, -0.25) is 9.69 Å². The quantitative estimate of drug-likeness (QED) is 0.754. The number of nitrogens with one attached hydrogen (secondary N) is 1. The number of rotatable bonds is 5. The second-order valence-electron chi connectivity index (χ2n) is 5.38. The minimum absolute atomic E-state index is 0.0458. The van der Waals surface area contributed by atoms with Gasteiger partial charge in [0, 0.05) is 18.6 Å². The Morgan fingerprint density at radius 3 is 2.65 bits per heavy atom. The number of carbonyl (C=O) groups is 1. The molecule has 1 aliphatic heterocycles. The second-order valence-corrected chi connectivity index (χ2v) is 5.38. The molecular weight excluding hydrogens is 214 g/mol. The lowest BCUT2D eigenvalue weighted by atomic mass is 10.1. The van der Waals surface area contributed by atoms with Crippen LogP contribution in [0.4, 0.5) is 0 Å². The first-order valence-electron chi connectivity index (χ1n) is 6.75. The zero-order chi connectivity index (χ0) is 13.0. The summed E-state index contributed by atoms with van der Waals surface area (Å²) in [5.74, 6) is 0.688. The van der Waals surface area contributed by atoms with E-state index in [1.807, 2.05) is 13.8 Å². The molecule has 4 unspecified atom stereocenters. The smallest absolute Gasteiger partial charge is 0.237 e. The van der Waals surface area contributed by atoms with Gasteiger partial charge in [0.25, 0.3) is 0 Å². The summed E-state index contributed by atoms with van der Waals surface area (Å²) in [6.45, 7) is 9.97. The molecule has 1 saturated heterocycles. The first-order chi connectivity index (χ1) is 7.99. The fourth-order valence-corrected chi connectivity index (χ4v) is 2.50. The Balaban J connectivity index is 2.52. The van der Waals surface area contributed by atoms with Crippen molar-refractivity contribution in [2.45, 2.75) is 58.7 Å². The summed E-state index contributed by atoms with van der Waals surface area (Å²) in [6, 6.07) is 0.671. The molecule has 0 bridgehead atoms. The van der Waals surface area contributed by atoms with Crippen LogP contribution in [0.3, 0.4) is 0 Å². The van der Waals surface area contributed by atoms with Crippen LogP contribution in [0.5, 0.6) is 0 Å². The van der Waals surface area contributed by atoms with Crippen LogP contribution >= 0.6 is 0 Å². The van der Waals surface area contributed by atoms with E-state index >= 15 is 0 Å². The molecule has 1 fully saturated rings. The fraction of sp³-hybridized carbons (Fsp3) is 0.923. The standard InChI is InChI=1S/C13H27N3O/c1-5-9(2)15-13(17)11(4)16-8-12(7-14)6-10(16)3/h9-12H,5-8,14H2,1-4H3,(H,15,17). The van der Waals surface area contributed by atoms with Gasteiger partial charge in [-0.1, -0.05) is 6.92 Å². The summed E-state index contributed by atoms with van der Waals surface area (Å²) in [6.07, 6.45) is 2.08. The van der Waals surface area contributed by atoms with Gasteiger partial charge in [-0.25, -0.2) is 0 Å². The number of nitrogens with zero attached hydrogens (tertiary/aromatic N) is 1. The molecule has 1 amide bonds. The van der Waals surface area contributed by atoms with E-state index < -0.39 is 0 Å². The van der Waals surface area contributed by atoms with Gasteiger partial charge in [-0.2, -0.15) is 0 Å². The van der Waals surface area contributed by atoms with Crippen LogP contribution in [0, 0.1) is 5.92 Å². The maximum absolute atomic E-state index is 12.1. The second kappa shape index (κ2) is 6.36. The van der Waals surface area contributed by atoms with Gasteiger partial charge in [0.1, 0.15) is 0 Å². The number of hydrogen-bond acceptors (Lipinski definition) is 3. The minimum atomic E-state index is -0.0458. The van der Waals surface area contributed by atoms with E-state index in [4.69, 9.17) is 5.73 Å². The highest BCUT2D eigenvalue weighted by molar-refractivity contribution is 5.81. The lowest BCUT2D eigenvalue weighted by molar-refractivity contribution is -0.126. The summed E-state index contributed by atoms with van der Waals surface area (Å²) < 4.78 is 0. The highest BCUT2D eigenvalue weighted by Crippen LogP contribution is 2.24. The minimum Gasteiger partial charge on any atom is -0.352 e. The molecule has 0 aliphatic carbocycles. The molecule has 4 nitrogen and oxygen atoms in total. The van der Waals surface area contributed by atoms with Crippen molar-refractivity contribution < 1.29 is 4.79 Å². The van der Waals surface area contributed by atoms with Crippen LogP contribution in [0.15, 0.2) is 0 Å². The van der Waals surface area contributed by atoms with Gasteiger partial charge in [0.2, 0.25) is 5.91 Å². The third-order valence-electron chi connectivity index (χ3n) is 3.92. The van der Waals surface area contributed by atoms with Crippen molar-refractivity contribution >= 4 is 5.91 Å². The Morgan fingerprint density at radius 1 is 1.53 bits per heavy atom. The van der Waals surface area contributed by atoms with Gasteiger partial charge in [0.15, 0.2) is 0 Å². The molecule has 1 aliphatic rings. The van der Waals surface area contributed by atoms with Crippen molar-refractivity contribution in [2.75, 3.05) is 13.1 Å². The molecule has 4 heteroatoms. The Kier molecular flexibility index (Phi) is 5.40. The van der Waals surface area contributed by atoms with Gasteiger partial charge >= 0.3 is 0 Å². The molecule has 3 N–H and O–H groups in total. The van der Waals surface area contributed by atoms with E-state index in [-0.39, 0.29) is 18.0 Å². The van der Waals surface area contributed by atoms with Crippen LogP contribution in [0.25, 0.3) is 0 Å². The van der Waals surface area contributed by atoms with Crippen LogP contribution < -0.4 is 11.1 Å². The summed E-state index contributed by atoms with van der Waals surface area (Å²) in [5.41, 5.74) is 5.71. The molecule has 17 heavy (non-hydrogen) atoms. The molecule has 0 aromatic heterocycles. The van der Waals surface area contributed by atoms with E-state index in [0.29, 0.717) is 12.0 Å². The average molecular weight is 241 g/mol. The number of likely N-dealkylation sites (tertiary alicyclic amines) is 1. The molecule has 1 rings (SSSR count). The van der Waals surface area contributed by atoms with Crippen molar-refractivity contribution in [3.05, 3.63) is 0 Å². The molecular formula is C13H27N3O. The number of carbonyl (C=O) groups excluding carboxylic acids is 1. The molecule has 0 aromatic rings. The lowest BCUT2D eigenvalue weighted by Gasteiger charge is -2.28. The van der Waals surface area contributed by atoms with Crippen LogP contribution in [-0.4, -0.2) is 42.0 Å². The first-order valence-corrected chi connectivity index (χ1v) is 6.75. The summed E-state index contributed by atoms with van der Waals surface area (Å²) >= 11 is 0. The first kappa shape index (κ1) is 14.5. The maximum atomic E-state index is 12.1. The molecule has 0 aromatic carbocycles. The monoisotopic (exact) mass is 241 g/mol. The Hall–Kier alpha value is -0.610. The normalized spacial score (nSPS) is 29.0. The predicted molar refractivity (Wildman–Crippen MR) is 70.7 cm³/mol. The molecule has 0 saturated carbocycles. The highest BCUT2D eigenvalue weighted by atomic mass is 16.2. The van der Waals surface area contributed by atoms with Crippen molar-refractivity contribution in [1.29, 1.82) is 0 Å². The van der Waals surface area contributed by atoms with E-state index in [1.54, 1.807) is 0 Å². The van der Waals surface area contributed by atoms with Gasteiger partial charge < -0.3 is 11.1 Å². The van der Waals surface area contributed by atoms with E-state index in [1.165, 1.54) is 0 Å². The predicted octanol–water partition coefficient (Wildman–Crippen LogP) is 0.959. The summed E-state index contributed by atoms with van der Waals surface area (Å²) in [5, 5.41) is 3.05. The van der Waals surface area contributed by atoms with Crippen LogP contribution in [-0.2, 0) is 4.79 Å². The van der Waals surface area contributed by atoms with Crippen molar-refractivity contribution in [1.82, 2.24) is 10.2 Å². The lowest BCUT2D eigenvalue weighted by Crippen LogP contribution is -2.48. The zero-order valence-corrected chi connectivity index (χ0v) is 11.6. The van der Waals surface area contributed by atoms with Gasteiger partial charge in [-0.15, -0.1) is 0 Å². The van der Waals surface area contributed by atoms with Crippen LogP contribution in [0.2, 0.25) is 0 Å². The maximum Gasteiger partial charge on any atom is 0.237 e. The van der Waals surface area contributed by atoms with Crippen molar-refractivity contribution in [2.24, 2.45) is 11.7 Å². The molecule has 1 heterocycles. The zero-order valence-electron chi connectivity index (χ0n) is 11.6. The van der Waals surface area contributed by atoms with E-state index in [2.05, 4.69) is 24.1 Å². The van der Waals surface area contributed by atoms with Crippen molar-refractivity contribution in [3.8, 4) is 0 Å².